The molecule has 0 fully saturated rings. The second-order valence-corrected chi connectivity index (χ2v) is 8.31. The molecular formula is C8H3BrN6O2S3. The van der Waals surface area contributed by atoms with Crippen LogP contribution in [0.4, 0.5) is 5.00 Å². The van der Waals surface area contributed by atoms with Gasteiger partial charge >= 0.3 is 5.00 Å². The summed E-state index contributed by atoms with van der Waals surface area (Å²) < 4.78 is 1.41. The molecule has 102 valence electrons. The van der Waals surface area contributed by atoms with Gasteiger partial charge in [0, 0.05) is 0 Å². The van der Waals surface area contributed by atoms with Gasteiger partial charge < -0.3 is 0 Å². The van der Waals surface area contributed by atoms with E-state index in [1.54, 1.807) is 0 Å². The van der Waals surface area contributed by atoms with Crippen LogP contribution in [0.5, 0.6) is 0 Å². The van der Waals surface area contributed by atoms with Gasteiger partial charge in [-0.15, -0.1) is 21.6 Å². The van der Waals surface area contributed by atoms with E-state index in [1.807, 2.05) is 12.1 Å². The van der Waals surface area contributed by atoms with Gasteiger partial charge in [-0.05, 0) is 61.6 Å². The minimum absolute atomic E-state index is 0.0260. The summed E-state index contributed by atoms with van der Waals surface area (Å²) in [6, 6.07) is 3.73. The third-order valence-corrected chi connectivity index (χ3v) is 6.22. The lowest BCUT2D eigenvalue weighted by Crippen LogP contribution is -2.11. The van der Waals surface area contributed by atoms with Crippen LogP contribution in [0.15, 0.2) is 47.1 Å². The highest BCUT2D eigenvalue weighted by molar-refractivity contribution is 9.11. The number of halogens is 1. The molecule has 2 aromatic rings. The van der Waals surface area contributed by atoms with Gasteiger partial charge in [-0.3, -0.25) is 10.1 Å². The molecule has 3 rings (SSSR count). The lowest BCUT2D eigenvalue weighted by molar-refractivity contribution is -0.380. The Hall–Kier alpha value is -1.24. The van der Waals surface area contributed by atoms with Crippen LogP contribution in [0, 0.1) is 10.1 Å². The second kappa shape index (κ2) is 5.27. The first-order valence-electron chi connectivity index (χ1n) is 4.98. The molecule has 8 nitrogen and oxygen atoms in total. The highest BCUT2D eigenvalue weighted by Gasteiger charge is 2.40. The molecule has 0 radical (unpaired) electrons. The summed E-state index contributed by atoms with van der Waals surface area (Å²) in [5, 5.41) is 25.9. The number of hydrogen-bond donors (Lipinski definition) is 0. The zero-order chi connectivity index (χ0) is 14.2. The normalized spacial score (nSPS) is 15.8. The number of nitro groups is 1. The summed E-state index contributed by atoms with van der Waals surface area (Å²) in [6.07, 6.45) is 1.22. The second-order valence-electron chi connectivity index (χ2n) is 3.41. The highest BCUT2D eigenvalue weighted by atomic mass is 79.9. The van der Waals surface area contributed by atoms with Gasteiger partial charge in [0.15, 0.2) is 4.34 Å². The Balaban J connectivity index is 1.94. The van der Waals surface area contributed by atoms with E-state index in [2.05, 4.69) is 41.6 Å². The summed E-state index contributed by atoms with van der Waals surface area (Å²) in [5.74, 6) is 0. The van der Waals surface area contributed by atoms with E-state index in [0.717, 1.165) is 20.0 Å². The number of nitrogens with zero attached hydrogens (tertiary/aromatic N) is 6. The molecule has 3 heterocycles. The number of hydrogen-bond acceptors (Lipinski definition) is 10. The molecular weight excluding hydrogens is 388 g/mol. The Labute approximate surface area is 132 Å². The Bertz CT molecular complexity index is 713. The maximum absolute atomic E-state index is 10.7. The van der Waals surface area contributed by atoms with Crippen LogP contribution in [0.25, 0.3) is 0 Å². The van der Waals surface area contributed by atoms with Crippen molar-refractivity contribution in [3.8, 4) is 0 Å². The van der Waals surface area contributed by atoms with Crippen molar-refractivity contribution in [2.45, 2.75) is 9.33 Å². The topological polar surface area (TPSA) is 105 Å². The highest BCUT2D eigenvalue weighted by Crippen LogP contribution is 2.50. The Morgan fingerprint density at radius 1 is 1.30 bits per heavy atom. The zero-order valence-corrected chi connectivity index (χ0v) is 13.4. The molecule has 12 heteroatoms. The smallest absolute Gasteiger partial charge is 0.257 e. The molecule has 1 aliphatic heterocycles. The fourth-order valence-corrected chi connectivity index (χ4v) is 4.87. The van der Waals surface area contributed by atoms with E-state index in [1.165, 1.54) is 29.3 Å². The first-order chi connectivity index (χ1) is 9.59. The predicted octanol–water partition coefficient (Wildman–Crippen LogP) is 4.61. The van der Waals surface area contributed by atoms with Crippen LogP contribution < -0.4 is 0 Å². The summed E-state index contributed by atoms with van der Waals surface area (Å²) in [6.45, 7) is 0. The average molecular weight is 391 g/mol. The first-order valence-corrected chi connectivity index (χ1v) is 8.22. The molecule has 0 aliphatic carbocycles. The molecule has 0 amide bonds. The maximum atomic E-state index is 10.7. The summed E-state index contributed by atoms with van der Waals surface area (Å²) >= 11 is 6.97. The monoisotopic (exact) mass is 390 g/mol. The van der Waals surface area contributed by atoms with Crippen molar-refractivity contribution in [3.05, 3.63) is 37.1 Å². The molecule has 2 aromatic heterocycles. The van der Waals surface area contributed by atoms with Crippen molar-refractivity contribution < 1.29 is 4.92 Å². The summed E-state index contributed by atoms with van der Waals surface area (Å²) in [7, 11) is 0. The molecule has 0 spiro atoms. The van der Waals surface area contributed by atoms with Crippen molar-refractivity contribution in [2.24, 2.45) is 20.7 Å². The lowest BCUT2D eigenvalue weighted by Gasteiger charge is -2.14. The summed E-state index contributed by atoms with van der Waals surface area (Å²) in [4.78, 5) is 14.0. The number of thioether (sulfide) groups is 1. The predicted molar refractivity (Wildman–Crippen MR) is 78.0 cm³/mol. The van der Waals surface area contributed by atoms with E-state index < -0.39 is 9.92 Å². The van der Waals surface area contributed by atoms with Crippen molar-refractivity contribution in [3.63, 3.8) is 0 Å². The third-order valence-electron chi connectivity index (χ3n) is 2.18. The zero-order valence-electron chi connectivity index (χ0n) is 9.33. The molecule has 20 heavy (non-hydrogen) atoms. The molecule has 0 N–H and O–H groups in total. The Morgan fingerprint density at radius 3 is 2.60 bits per heavy atom. The molecule has 0 atom stereocenters. The van der Waals surface area contributed by atoms with Gasteiger partial charge in [-0.25, -0.2) is 4.98 Å². The number of aromatic nitrogens is 1. The van der Waals surface area contributed by atoms with Gasteiger partial charge in [-0.2, -0.15) is 0 Å². The first kappa shape index (κ1) is 13.7. The number of rotatable bonds is 4. The van der Waals surface area contributed by atoms with E-state index in [0.29, 0.717) is 4.34 Å². The molecule has 0 aromatic carbocycles. The Kier molecular flexibility index (Phi) is 3.62. The molecule has 1 aliphatic rings. The van der Waals surface area contributed by atoms with Crippen LogP contribution in [-0.2, 0) is 4.99 Å². The molecule has 0 bridgehead atoms. The van der Waals surface area contributed by atoms with Crippen LogP contribution in [0.3, 0.4) is 0 Å². The Morgan fingerprint density at radius 2 is 2.05 bits per heavy atom. The average Bonchev–Trinajstić information content (AvgIpc) is 3.10. The van der Waals surface area contributed by atoms with Crippen LogP contribution in [-0.4, -0.2) is 9.91 Å². The van der Waals surface area contributed by atoms with Gasteiger partial charge in [0.1, 0.15) is 6.20 Å². The molecule has 0 saturated heterocycles. The van der Waals surface area contributed by atoms with Crippen LogP contribution in [0.2, 0.25) is 0 Å². The molecule has 0 saturated carbocycles. The maximum Gasteiger partial charge on any atom is 0.344 e. The van der Waals surface area contributed by atoms with Crippen molar-refractivity contribution in [1.82, 2.24) is 4.98 Å². The van der Waals surface area contributed by atoms with E-state index >= 15 is 0 Å². The van der Waals surface area contributed by atoms with Gasteiger partial charge in [-0.1, -0.05) is 0 Å². The van der Waals surface area contributed by atoms with Crippen LogP contribution in [0.1, 0.15) is 4.88 Å². The fourth-order valence-electron chi connectivity index (χ4n) is 1.36. The fraction of sp³-hybridized carbons (Fsp3) is 0.125. The van der Waals surface area contributed by atoms with Crippen LogP contribution >= 0.6 is 50.4 Å². The van der Waals surface area contributed by atoms with Crippen molar-refractivity contribution >= 4 is 55.4 Å². The minimum Gasteiger partial charge on any atom is -0.257 e. The quantitative estimate of drug-likeness (QED) is 0.560. The van der Waals surface area contributed by atoms with Gasteiger partial charge in [0.05, 0.1) is 13.6 Å². The lowest BCUT2D eigenvalue weighted by atomic mass is 10.4. The SMILES string of the molecule is O=[N+]([O-])c1cnc(SC2(c3ccc(Br)s3)N=NN=N2)s1. The van der Waals surface area contributed by atoms with E-state index in [-0.39, 0.29) is 5.00 Å². The number of thiazole rings is 1. The summed E-state index contributed by atoms with van der Waals surface area (Å²) in [5.41, 5.74) is 0. The largest absolute Gasteiger partial charge is 0.344 e. The standard InChI is InChI=1S/C8H3BrN6O2S3/c9-5-2-1-4(18-5)8(11-13-14-12-8)20-7-10-3-6(19-7)15(16)17/h1-3H. The minimum atomic E-state index is -1.04. The van der Waals surface area contributed by atoms with Gasteiger partial charge in [0.2, 0.25) is 0 Å². The van der Waals surface area contributed by atoms with Crippen molar-refractivity contribution in [2.75, 3.05) is 0 Å². The number of thiophene rings is 1. The van der Waals surface area contributed by atoms with Gasteiger partial charge in [0.25, 0.3) is 4.99 Å². The van der Waals surface area contributed by atoms with Crippen molar-refractivity contribution in [1.29, 1.82) is 0 Å². The van der Waals surface area contributed by atoms with E-state index in [9.17, 15) is 10.1 Å². The molecule has 0 unspecified atom stereocenters. The van der Waals surface area contributed by atoms with E-state index in [4.69, 9.17) is 0 Å². The third kappa shape index (κ3) is 2.51.